The van der Waals surface area contributed by atoms with Crippen LogP contribution in [0.15, 0.2) is 36.5 Å². The van der Waals surface area contributed by atoms with Crippen LogP contribution in [0.4, 0.5) is 11.4 Å². The second-order valence-corrected chi connectivity index (χ2v) is 4.83. The van der Waals surface area contributed by atoms with Crippen molar-refractivity contribution in [1.82, 2.24) is 4.57 Å². The van der Waals surface area contributed by atoms with Crippen molar-refractivity contribution in [3.8, 4) is 0 Å². The summed E-state index contributed by atoms with van der Waals surface area (Å²) < 4.78 is 1.87. The zero-order chi connectivity index (χ0) is 14.7. The van der Waals surface area contributed by atoms with E-state index in [4.69, 9.17) is 5.73 Å². The van der Waals surface area contributed by atoms with Crippen LogP contribution in [-0.4, -0.2) is 17.5 Å². The molecular weight excluding hydrogens is 250 g/mol. The Hall–Kier alpha value is -2.23. The molecule has 2 aromatic rings. The predicted octanol–water partition coefficient (Wildman–Crippen LogP) is 2.93. The summed E-state index contributed by atoms with van der Waals surface area (Å²) in [7, 11) is 1.78. The molecule has 0 aliphatic rings. The molecule has 0 spiro atoms. The Bertz CT molecular complexity index is 599. The lowest BCUT2D eigenvalue weighted by atomic mass is 10.1. The Morgan fingerprint density at radius 1 is 1.25 bits per heavy atom. The largest absolute Gasteiger partial charge is 0.397 e. The van der Waals surface area contributed by atoms with Gasteiger partial charge >= 0.3 is 0 Å². The van der Waals surface area contributed by atoms with Gasteiger partial charge in [0.15, 0.2) is 0 Å². The molecule has 0 aliphatic heterocycles. The molecule has 2 N–H and O–H groups in total. The summed E-state index contributed by atoms with van der Waals surface area (Å²) in [5.41, 5.74) is 9.16. The summed E-state index contributed by atoms with van der Waals surface area (Å²) in [6.45, 7) is 4.83. The lowest BCUT2D eigenvalue weighted by molar-refractivity contribution is 0.0984. The van der Waals surface area contributed by atoms with E-state index in [2.05, 4.69) is 6.92 Å². The van der Waals surface area contributed by atoms with Crippen molar-refractivity contribution < 1.29 is 4.79 Å². The van der Waals surface area contributed by atoms with Crippen LogP contribution in [0.2, 0.25) is 0 Å². The average molecular weight is 271 g/mol. The van der Waals surface area contributed by atoms with Gasteiger partial charge < -0.3 is 15.2 Å². The van der Waals surface area contributed by atoms with E-state index in [1.807, 2.05) is 35.8 Å². The Labute approximate surface area is 119 Å². The summed E-state index contributed by atoms with van der Waals surface area (Å²) in [4.78, 5) is 14.2. The van der Waals surface area contributed by atoms with E-state index in [-0.39, 0.29) is 5.91 Å². The normalized spacial score (nSPS) is 10.6. The van der Waals surface area contributed by atoms with Gasteiger partial charge in [-0.25, -0.2) is 0 Å². The lowest BCUT2D eigenvalue weighted by Gasteiger charge is -2.18. The number of aromatic nitrogens is 1. The van der Waals surface area contributed by atoms with Crippen molar-refractivity contribution in [2.75, 3.05) is 17.7 Å². The maximum atomic E-state index is 12.5. The van der Waals surface area contributed by atoms with Gasteiger partial charge in [0, 0.05) is 25.5 Å². The molecule has 0 radical (unpaired) electrons. The van der Waals surface area contributed by atoms with Gasteiger partial charge in [-0.05, 0) is 37.1 Å². The van der Waals surface area contributed by atoms with Crippen LogP contribution >= 0.6 is 0 Å². The number of aryl methyl sites for hydroxylation is 2. The first-order chi connectivity index (χ1) is 9.56. The third-order valence-corrected chi connectivity index (χ3v) is 3.51. The Kier molecular flexibility index (Phi) is 4.13. The lowest BCUT2D eigenvalue weighted by Crippen LogP contribution is -2.28. The Balaban J connectivity index is 2.27. The van der Waals surface area contributed by atoms with Crippen molar-refractivity contribution in [3.05, 3.63) is 47.8 Å². The van der Waals surface area contributed by atoms with E-state index in [0.717, 1.165) is 18.7 Å². The zero-order valence-electron chi connectivity index (χ0n) is 12.3. The van der Waals surface area contributed by atoms with Gasteiger partial charge in [0.2, 0.25) is 0 Å². The molecule has 1 aromatic carbocycles. The van der Waals surface area contributed by atoms with Gasteiger partial charge in [-0.2, -0.15) is 0 Å². The zero-order valence-corrected chi connectivity index (χ0v) is 12.3. The summed E-state index contributed by atoms with van der Waals surface area (Å²) in [6.07, 6.45) is 2.79. The molecule has 0 atom stereocenters. The number of nitrogens with zero attached hydrogens (tertiary/aromatic N) is 2. The smallest absolute Gasteiger partial charge is 0.274 e. The predicted molar refractivity (Wildman–Crippen MR) is 83.1 cm³/mol. The van der Waals surface area contributed by atoms with E-state index in [1.165, 1.54) is 5.56 Å². The molecule has 1 heterocycles. The maximum Gasteiger partial charge on any atom is 0.274 e. The van der Waals surface area contributed by atoms with Gasteiger partial charge in [0.05, 0.1) is 5.69 Å². The summed E-state index contributed by atoms with van der Waals surface area (Å²) in [5, 5.41) is 0. The van der Waals surface area contributed by atoms with Crippen LogP contribution in [0.25, 0.3) is 0 Å². The van der Waals surface area contributed by atoms with Crippen molar-refractivity contribution in [2.24, 2.45) is 0 Å². The number of carbonyl (C=O) groups excluding carboxylic acids is 1. The highest BCUT2D eigenvalue weighted by Crippen LogP contribution is 2.19. The summed E-state index contributed by atoms with van der Waals surface area (Å²) in [5.74, 6) is -0.0483. The first-order valence-corrected chi connectivity index (χ1v) is 6.89. The number of benzene rings is 1. The van der Waals surface area contributed by atoms with Gasteiger partial charge in [-0.15, -0.1) is 0 Å². The van der Waals surface area contributed by atoms with Crippen LogP contribution in [0, 0.1) is 0 Å². The maximum absolute atomic E-state index is 12.5. The number of nitrogens with two attached hydrogens (primary N) is 1. The molecule has 0 unspecified atom stereocenters. The quantitative estimate of drug-likeness (QED) is 0.929. The summed E-state index contributed by atoms with van der Waals surface area (Å²) >= 11 is 0. The van der Waals surface area contributed by atoms with Crippen molar-refractivity contribution in [3.63, 3.8) is 0 Å². The third kappa shape index (κ3) is 2.69. The molecule has 1 aromatic heterocycles. The molecule has 4 heteroatoms. The first kappa shape index (κ1) is 14.2. The van der Waals surface area contributed by atoms with Crippen molar-refractivity contribution in [2.45, 2.75) is 26.8 Å². The molecule has 0 fully saturated rings. The minimum atomic E-state index is -0.0483. The number of rotatable bonds is 4. The van der Waals surface area contributed by atoms with Gasteiger partial charge in [-0.1, -0.05) is 19.1 Å². The van der Waals surface area contributed by atoms with E-state index in [9.17, 15) is 4.79 Å². The van der Waals surface area contributed by atoms with Gasteiger partial charge in [0.25, 0.3) is 5.91 Å². The highest BCUT2D eigenvalue weighted by molar-refractivity contribution is 6.05. The van der Waals surface area contributed by atoms with Crippen LogP contribution < -0.4 is 10.6 Å². The molecule has 20 heavy (non-hydrogen) atoms. The molecular formula is C16H21N3O. The fourth-order valence-corrected chi connectivity index (χ4v) is 2.22. The fourth-order valence-electron chi connectivity index (χ4n) is 2.22. The minimum absolute atomic E-state index is 0.0483. The van der Waals surface area contributed by atoms with E-state index < -0.39 is 0 Å². The van der Waals surface area contributed by atoms with Crippen LogP contribution in [-0.2, 0) is 13.0 Å². The second-order valence-electron chi connectivity index (χ2n) is 4.83. The fraction of sp³-hybridized carbons (Fsp3) is 0.312. The minimum Gasteiger partial charge on any atom is -0.397 e. The average Bonchev–Trinajstić information content (AvgIpc) is 2.87. The third-order valence-electron chi connectivity index (χ3n) is 3.51. The molecule has 0 saturated carbocycles. The monoisotopic (exact) mass is 271 g/mol. The number of amides is 1. The van der Waals surface area contributed by atoms with Crippen molar-refractivity contribution >= 4 is 17.3 Å². The van der Waals surface area contributed by atoms with Gasteiger partial charge in [-0.3, -0.25) is 4.79 Å². The topological polar surface area (TPSA) is 51.3 Å². The Morgan fingerprint density at radius 2 is 1.90 bits per heavy atom. The van der Waals surface area contributed by atoms with E-state index in [1.54, 1.807) is 24.2 Å². The highest BCUT2D eigenvalue weighted by Gasteiger charge is 2.17. The highest BCUT2D eigenvalue weighted by atomic mass is 16.2. The standard InChI is InChI=1S/C16H21N3O/c1-4-12-6-8-14(9-7-12)18(3)16(20)15-10-13(17)11-19(15)5-2/h6-11H,4-5,17H2,1-3H3. The number of hydrogen-bond acceptors (Lipinski definition) is 2. The molecule has 0 aliphatic carbocycles. The molecule has 106 valence electrons. The van der Waals surface area contributed by atoms with E-state index in [0.29, 0.717) is 11.4 Å². The van der Waals surface area contributed by atoms with Gasteiger partial charge in [0.1, 0.15) is 5.69 Å². The number of hydrogen-bond donors (Lipinski definition) is 1. The van der Waals surface area contributed by atoms with Crippen LogP contribution in [0.1, 0.15) is 29.9 Å². The van der Waals surface area contributed by atoms with Crippen molar-refractivity contribution in [1.29, 1.82) is 0 Å². The van der Waals surface area contributed by atoms with Crippen LogP contribution in [0.5, 0.6) is 0 Å². The molecule has 1 amide bonds. The molecule has 4 nitrogen and oxygen atoms in total. The second kappa shape index (κ2) is 5.82. The molecule has 2 rings (SSSR count). The number of anilines is 2. The first-order valence-electron chi connectivity index (χ1n) is 6.89. The molecule has 0 bridgehead atoms. The number of nitrogen functional groups attached to an aromatic ring is 1. The SMILES string of the molecule is CCc1ccc(N(C)C(=O)c2cc(N)cn2CC)cc1. The Morgan fingerprint density at radius 3 is 2.45 bits per heavy atom. The van der Waals surface area contributed by atoms with E-state index >= 15 is 0 Å². The number of carbonyl (C=O) groups is 1. The summed E-state index contributed by atoms with van der Waals surface area (Å²) in [6, 6.07) is 9.76. The van der Waals surface area contributed by atoms with Crippen LogP contribution in [0.3, 0.4) is 0 Å². The molecule has 0 saturated heterocycles.